The molecule has 0 spiro atoms. The molecule has 0 N–H and O–H groups in total. The number of hydrogen-bond donors (Lipinski definition) is 0. The highest BCUT2D eigenvalue weighted by Crippen LogP contribution is 2.10. The minimum absolute atomic E-state index is 1.25. The summed E-state index contributed by atoms with van der Waals surface area (Å²) in [6.07, 6.45) is 0. The van der Waals surface area contributed by atoms with Gasteiger partial charge in [-0.3, -0.25) is 0 Å². The molecule has 57 valence electrons. The van der Waals surface area contributed by atoms with Gasteiger partial charge in [0.2, 0.25) is 0 Å². The molecule has 2 aromatic rings. The maximum absolute atomic E-state index is 2.62. The van der Waals surface area contributed by atoms with Gasteiger partial charge in [-0.2, -0.15) is 9.12 Å². The van der Waals surface area contributed by atoms with Crippen molar-refractivity contribution in [2.75, 3.05) is 0 Å². The van der Waals surface area contributed by atoms with Crippen molar-refractivity contribution < 1.29 is 0 Å². The van der Waals surface area contributed by atoms with Crippen LogP contribution in [0.3, 0.4) is 0 Å². The van der Waals surface area contributed by atoms with Crippen molar-refractivity contribution in [2.45, 2.75) is 0 Å². The van der Waals surface area contributed by atoms with Crippen molar-refractivity contribution in [3.63, 3.8) is 0 Å². The summed E-state index contributed by atoms with van der Waals surface area (Å²) in [5, 5.41) is 2.60. The second-order valence-electron chi connectivity index (χ2n) is 2.77. The van der Waals surface area contributed by atoms with Crippen LogP contribution in [0.25, 0.3) is 10.8 Å². The van der Waals surface area contributed by atoms with Crippen LogP contribution < -0.4 is 5.46 Å². The van der Waals surface area contributed by atoms with Gasteiger partial charge in [-0.25, -0.2) is 0 Å². The Balaban J connectivity index is 2.67. The Morgan fingerprint density at radius 2 is 1.67 bits per heavy atom. The zero-order chi connectivity index (χ0) is 8.39. The standard InChI is InChI=1S/C10H9BP/c12-11-10-6-5-8-3-1-2-4-9(8)7-10/h1-7H,12H2. The average Bonchev–Trinajstić information content (AvgIpc) is 2.17. The molecule has 0 amide bonds. The second kappa shape index (κ2) is 3.29. The Labute approximate surface area is 75.4 Å². The summed E-state index contributed by atoms with van der Waals surface area (Å²) in [6, 6.07) is 14.8. The highest BCUT2D eigenvalue weighted by atomic mass is 31.0. The number of rotatable bonds is 1. The highest BCUT2D eigenvalue weighted by molar-refractivity contribution is 7.58. The molecule has 2 rings (SSSR count). The molecule has 2 aromatic carbocycles. The van der Waals surface area contributed by atoms with Gasteiger partial charge in [0, 0.05) is 0 Å². The Morgan fingerprint density at radius 1 is 0.917 bits per heavy atom. The highest BCUT2D eigenvalue weighted by Gasteiger charge is 1.93. The van der Waals surface area contributed by atoms with Crippen LogP contribution in [-0.4, -0.2) is 7.00 Å². The second-order valence-corrected chi connectivity index (χ2v) is 3.11. The van der Waals surface area contributed by atoms with Crippen LogP contribution in [0.4, 0.5) is 0 Å². The van der Waals surface area contributed by atoms with E-state index < -0.39 is 0 Å². The lowest BCUT2D eigenvalue weighted by Crippen LogP contribution is -2.06. The van der Waals surface area contributed by atoms with E-state index in [2.05, 4.69) is 51.6 Å². The van der Waals surface area contributed by atoms with Crippen LogP contribution in [0, 0.1) is 0 Å². The molecule has 2 heteroatoms. The summed E-state index contributed by atoms with van der Waals surface area (Å²) < 4.78 is 0. The largest absolute Gasteiger partial charge is 0.178 e. The van der Waals surface area contributed by atoms with Crippen molar-refractivity contribution >= 4 is 32.4 Å². The van der Waals surface area contributed by atoms with E-state index in [4.69, 9.17) is 0 Å². The Hall–Kier alpha value is -0.805. The molecular weight excluding hydrogens is 162 g/mol. The van der Waals surface area contributed by atoms with Gasteiger partial charge in [0.25, 0.3) is 0 Å². The normalized spacial score (nSPS) is 10.1. The molecule has 12 heavy (non-hydrogen) atoms. The third-order valence-electron chi connectivity index (χ3n) is 1.97. The molecule has 1 unspecified atom stereocenters. The first-order valence-corrected chi connectivity index (χ1v) is 4.60. The van der Waals surface area contributed by atoms with E-state index in [0.29, 0.717) is 0 Å². The molecule has 1 atom stereocenters. The molecule has 0 saturated carbocycles. The predicted molar refractivity (Wildman–Crippen MR) is 59.0 cm³/mol. The van der Waals surface area contributed by atoms with Gasteiger partial charge in [-0.05, 0) is 10.8 Å². The molecule has 0 saturated heterocycles. The van der Waals surface area contributed by atoms with Crippen molar-refractivity contribution in [1.82, 2.24) is 0 Å². The fraction of sp³-hybridized carbons (Fsp3) is 0. The van der Waals surface area contributed by atoms with Crippen LogP contribution >= 0.6 is 9.12 Å². The van der Waals surface area contributed by atoms with E-state index in [1.54, 1.807) is 0 Å². The third kappa shape index (κ3) is 1.37. The maximum atomic E-state index is 2.62. The third-order valence-corrected chi connectivity index (χ3v) is 2.35. The number of fused-ring (bicyclic) bond motifs is 1. The molecule has 0 heterocycles. The zero-order valence-corrected chi connectivity index (χ0v) is 7.85. The minimum atomic E-state index is 1.25. The van der Waals surface area contributed by atoms with Crippen LogP contribution in [0.2, 0.25) is 0 Å². The van der Waals surface area contributed by atoms with Gasteiger partial charge in [-0.1, -0.05) is 47.9 Å². The predicted octanol–water partition coefficient (Wildman–Crippen LogP) is 1.96. The summed E-state index contributed by atoms with van der Waals surface area (Å²) in [5.41, 5.74) is 1.25. The van der Waals surface area contributed by atoms with E-state index in [-0.39, 0.29) is 0 Å². The SMILES string of the molecule is P[B]c1ccc2ccccc2c1. The van der Waals surface area contributed by atoms with E-state index >= 15 is 0 Å². The van der Waals surface area contributed by atoms with Gasteiger partial charge in [0.15, 0.2) is 7.00 Å². The van der Waals surface area contributed by atoms with Crippen LogP contribution in [0.15, 0.2) is 42.5 Å². The molecule has 0 fully saturated rings. The number of hydrogen-bond acceptors (Lipinski definition) is 0. The minimum Gasteiger partial charge on any atom is -0.172 e. The number of benzene rings is 2. The van der Waals surface area contributed by atoms with Crippen molar-refractivity contribution in [3.8, 4) is 0 Å². The molecule has 0 aromatic heterocycles. The van der Waals surface area contributed by atoms with Crippen LogP contribution in [-0.2, 0) is 0 Å². The Morgan fingerprint density at radius 3 is 2.42 bits per heavy atom. The maximum Gasteiger partial charge on any atom is 0.178 e. The van der Waals surface area contributed by atoms with Gasteiger partial charge in [0.05, 0.1) is 0 Å². The summed E-state index contributed by atoms with van der Waals surface area (Å²) in [6.45, 7) is 2.03. The molecule has 0 aliphatic carbocycles. The first-order chi connectivity index (χ1) is 5.90. The molecule has 0 nitrogen and oxygen atoms in total. The van der Waals surface area contributed by atoms with Crippen molar-refractivity contribution in [1.29, 1.82) is 0 Å². The summed E-state index contributed by atoms with van der Waals surface area (Å²) in [4.78, 5) is 0. The first kappa shape index (κ1) is 7.82. The summed E-state index contributed by atoms with van der Waals surface area (Å²) in [5.74, 6) is 0. The summed E-state index contributed by atoms with van der Waals surface area (Å²) in [7, 11) is 2.62. The molecule has 0 aliphatic heterocycles. The van der Waals surface area contributed by atoms with Gasteiger partial charge in [-0.15, -0.1) is 0 Å². The van der Waals surface area contributed by atoms with Gasteiger partial charge < -0.3 is 0 Å². The van der Waals surface area contributed by atoms with Crippen molar-refractivity contribution in [2.24, 2.45) is 0 Å². The van der Waals surface area contributed by atoms with E-state index in [1.165, 1.54) is 16.2 Å². The lowest BCUT2D eigenvalue weighted by molar-refractivity contribution is 1.78. The van der Waals surface area contributed by atoms with Crippen LogP contribution in [0.1, 0.15) is 0 Å². The molecular formula is C10H9BP. The van der Waals surface area contributed by atoms with Gasteiger partial charge in [0.1, 0.15) is 0 Å². The van der Waals surface area contributed by atoms with E-state index in [1.807, 2.05) is 7.00 Å². The Kier molecular flexibility index (Phi) is 2.14. The average molecular weight is 171 g/mol. The fourth-order valence-electron chi connectivity index (χ4n) is 1.31. The zero-order valence-electron chi connectivity index (χ0n) is 6.70. The summed E-state index contributed by atoms with van der Waals surface area (Å²) >= 11 is 0. The topological polar surface area (TPSA) is 0 Å². The fourth-order valence-corrected chi connectivity index (χ4v) is 1.52. The molecule has 0 bridgehead atoms. The monoisotopic (exact) mass is 171 g/mol. The molecule has 0 aliphatic rings. The van der Waals surface area contributed by atoms with Crippen LogP contribution in [0.5, 0.6) is 0 Å². The molecule has 1 radical (unpaired) electrons. The van der Waals surface area contributed by atoms with E-state index in [0.717, 1.165) is 0 Å². The lowest BCUT2D eigenvalue weighted by Gasteiger charge is -1.99. The quantitative estimate of drug-likeness (QED) is 0.454. The smallest absolute Gasteiger partial charge is 0.172 e. The lowest BCUT2D eigenvalue weighted by atomic mass is 9.92. The Bertz CT molecular complexity index is 398. The van der Waals surface area contributed by atoms with Crippen molar-refractivity contribution in [3.05, 3.63) is 42.5 Å². The first-order valence-electron chi connectivity index (χ1n) is 3.94. The van der Waals surface area contributed by atoms with E-state index in [9.17, 15) is 0 Å². The van der Waals surface area contributed by atoms with Gasteiger partial charge >= 0.3 is 0 Å².